The Bertz CT molecular complexity index is 522. The van der Waals surface area contributed by atoms with Gasteiger partial charge >= 0.3 is 0 Å². The van der Waals surface area contributed by atoms with Crippen molar-refractivity contribution in [2.45, 2.75) is 13.0 Å². The number of hydrogen-bond donors (Lipinski definition) is 1. The highest BCUT2D eigenvalue weighted by atomic mass is 32.1. The quantitative estimate of drug-likeness (QED) is 0.859. The van der Waals surface area contributed by atoms with Crippen LogP contribution in [0.15, 0.2) is 41.8 Å². The molecule has 4 heteroatoms. The highest BCUT2D eigenvalue weighted by Gasteiger charge is 2.11. The number of thiophene rings is 1. The molecule has 0 spiro atoms. The Labute approximate surface area is 111 Å². The van der Waals surface area contributed by atoms with E-state index >= 15 is 0 Å². The zero-order valence-corrected chi connectivity index (χ0v) is 11.1. The van der Waals surface area contributed by atoms with E-state index in [9.17, 15) is 4.79 Å². The first-order chi connectivity index (χ1) is 8.66. The van der Waals surface area contributed by atoms with Crippen LogP contribution >= 0.6 is 11.3 Å². The number of amides is 1. The molecule has 0 aliphatic carbocycles. The lowest BCUT2D eigenvalue weighted by molar-refractivity contribution is -0.129. The van der Waals surface area contributed by atoms with Gasteiger partial charge in [0.2, 0.25) is 5.91 Å². The maximum Gasteiger partial charge on any atom is 0.227 e. The topological polar surface area (TPSA) is 46.3 Å². The Kier molecular flexibility index (Phi) is 3.99. The van der Waals surface area contributed by atoms with Gasteiger partial charge < -0.3 is 10.6 Å². The molecule has 1 aromatic carbocycles. The highest BCUT2D eigenvalue weighted by molar-refractivity contribution is 7.10. The third-order valence-electron chi connectivity index (χ3n) is 2.79. The van der Waals surface area contributed by atoms with Crippen molar-refractivity contribution < 1.29 is 4.79 Å². The van der Waals surface area contributed by atoms with Gasteiger partial charge in [-0.25, -0.2) is 0 Å². The van der Waals surface area contributed by atoms with Crippen LogP contribution in [0, 0.1) is 0 Å². The van der Waals surface area contributed by atoms with Crippen molar-refractivity contribution in [3.05, 3.63) is 52.2 Å². The van der Waals surface area contributed by atoms with Crippen molar-refractivity contribution in [1.82, 2.24) is 4.90 Å². The zero-order valence-electron chi connectivity index (χ0n) is 10.3. The van der Waals surface area contributed by atoms with Gasteiger partial charge in [-0.1, -0.05) is 24.3 Å². The molecule has 2 aromatic rings. The number of hydrogen-bond acceptors (Lipinski definition) is 3. The number of para-hydroxylation sites is 1. The maximum atomic E-state index is 12.0. The minimum atomic E-state index is 0.112. The number of anilines is 1. The van der Waals surface area contributed by atoms with Gasteiger partial charge in [0.25, 0.3) is 0 Å². The lowest BCUT2D eigenvalue weighted by Gasteiger charge is -2.18. The molecular weight excluding hydrogens is 244 g/mol. The molecule has 1 heterocycles. The summed E-state index contributed by atoms with van der Waals surface area (Å²) >= 11 is 1.61. The molecule has 1 amide bonds. The minimum Gasteiger partial charge on any atom is -0.398 e. The lowest BCUT2D eigenvalue weighted by Crippen LogP contribution is -2.27. The highest BCUT2D eigenvalue weighted by Crippen LogP contribution is 2.14. The van der Waals surface area contributed by atoms with E-state index in [-0.39, 0.29) is 5.91 Å². The number of nitrogen functional groups attached to an aromatic ring is 1. The van der Waals surface area contributed by atoms with Crippen molar-refractivity contribution in [2.75, 3.05) is 12.8 Å². The molecular formula is C14H16N2OS. The summed E-state index contributed by atoms with van der Waals surface area (Å²) in [6, 6.07) is 11.6. The predicted octanol–water partition coefficient (Wildman–Crippen LogP) is 2.53. The molecule has 2 N–H and O–H groups in total. The van der Waals surface area contributed by atoms with E-state index in [4.69, 9.17) is 5.73 Å². The van der Waals surface area contributed by atoms with E-state index in [1.807, 2.05) is 48.8 Å². The van der Waals surface area contributed by atoms with Crippen molar-refractivity contribution in [3.63, 3.8) is 0 Å². The number of carbonyl (C=O) groups is 1. The summed E-state index contributed by atoms with van der Waals surface area (Å²) < 4.78 is 0. The standard InChI is InChI=1S/C14H16N2OS/c1-16(10-11-5-2-3-7-13(11)15)14(17)9-12-6-4-8-18-12/h2-8H,9-10,15H2,1H3. The fourth-order valence-corrected chi connectivity index (χ4v) is 2.41. The Morgan fingerprint density at radius 1 is 1.28 bits per heavy atom. The predicted molar refractivity (Wildman–Crippen MR) is 75.4 cm³/mol. The smallest absolute Gasteiger partial charge is 0.227 e. The molecule has 3 nitrogen and oxygen atoms in total. The van der Waals surface area contributed by atoms with Gasteiger partial charge in [0.05, 0.1) is 6.42 Å². The van der Waals surface area contributed by atoms with Crippen LogP contribution < -0.4 is 5.73 Å². The van der Waals surface area contributed by atoms with E-state index < -0.39 is 0 Å². The van der Waals surface area contributed by atoms with Gasteiger partial charge in [0, 0.05) is 24.2 Å². The normalized spacial score (nSPS) is 10.3. The van der Waals surface area contributed by atoms with Crippen LogP contribution in [0.25, 0.3) is 0 Å². The van der Waals surface area contributed by atoms with Crippen molar-refractivity contribution in [3.8, 4) is 0 Å². The number of rotatable bonds is 4. The van der Waals surface area contributed by atoms with E-state index in [0.717, 1.165) is 16.1 Å². The number of likely N-dealkylation sites (N-methyl/N-ethyl adjacent to an activating group) is 1. The molecule has 0 aliphatic rings. The van der Waals surface area contributed by atoms with Gasteiger partial charge in [-0.3, -0.25) is 4.79 Å². The number of nitrogens with two attached hydrogens (primary N) is 1. The molecule has 94 valence electrons. The van der Waals surface area contributed by atoms with Gasteiger partial charge in [0.15, 0.2) is 0 Å². The Balaban J connectivity index is 1.97. The Hall–Kier alpha value is -1.81. The third-order valence-corrected chi connectivity index (χ3v) is 3.67. The van der Waals surface area contributed by atoms with E-state index in [1.54, 1.807) is 16.2 Å². The average molecular weight is 260 g/mol. The van der Waals surface area contributed by atoms with Crippen LogP contribution in [-0.2, 0) is 17.8 Å². The van der Waals surface area contributed by atoms with Crippen molar-refractivity contribution >= 4 is 22.9 Å². The summed E-state index contributed by atoms with van der Waals surface area (Å²) in [6.07, 6.45) is 0.459. The van der Waals surface area contributed by atoms with Gasteiger partial charge in [-0.05, 0) is 23.1 Å². The summed E-state index contributed by atoms with van der Waals surface area (Å²) in [5, 5.41) is 1.98. The SMILES string of the molecule is CN(Cc1ccccc1N)C(=O)Cc1cccs1. The minimum absolute atomic E-state index is 0.112. The van der Waals surface area contributed by atoms with Gasteiger partial charge in [0.1, 0.15) is 0 Å². The van der Waals surface area contributed by atoms with Crippen LogP contribution in [0.1, 0.15) is 10.4 Å². The van der Waals surface area contributed by atoms with Crippen LogP contribution in [0.5, 0.6) is 0 Å². The molecule has 0 aliphatic heterocycles. The molecule has 0 saturated carbocycles. The second-order valence-electron chi connectivity index (χ2n) is 4.20. The first-order valence-corrected chi connectivity index (χ1v) is 6.64. The molecule has 2 rings (SSSR count). The second kappa shape index (κ2) is 5.69. The average Bonchev–Trinajstić information content (AvgIpc) is 2.84. The molecule has 0 atom stereocenters. The third kappa shape index (κ3) is 3.11. The Morgan fingerprint density at radius 2 is 2.06 bits per heavy atom. The summed E-state index contributed by atoms with van der Waals surface area (Å²) in [5.41, 5.74) is 7.58. The fourth-order valence-electron chi connectivity index (χ4n) is 1.72. The lowest BCUT2D eigenvalue weighted by atomic mass is 10.1. The van der Waals surface area contributed by atoms with Crippen LogP contribution in [0.3, 0.4) is 0 Å². The zero-order chi connectivity index (χ0) is 13.0. The second-order valence-corrected chi connectivity index (χ2v) is 5.24. The molecule has 0 fully saturated rings. The van der Waals surface area contributed by atoms with Crippen LogP contribution in [0.4, 0.5) is 5.69 Å². The van der Waals surface area contributed by atoms with Crippen LogP contribution in [-0.4, -0.2) is 17.9 Å². The number of benzene rings is 1. The molecule has 0 saturated heterocycles. The molecule has 0 bridgehead atoms. The van der Waals surface area contributed by atoms with Crippen molar-refractivity contribution in [2.24, 2.45) is 0 Å². The van der Waals surface area contributed by atoms with Gasteiger partial charge in [-0.2, -0.15) is 0 Å². The molecule has 0 unspecified atom stereocenters. The summed E-state index contributed by atoms with van der Waals surface area (Å²) in [5.74, 6) is 0.112. The summed E-state index contributed by atoms with van der Waals surface area (Å²) in [6.45, 7) is 0.552. The molecule has 0 radical (unpaired) electrons. The first-order valence-electron chi connectivity index (χ1n) is 5.76. The van der Waals surface area contributed by atoms with E-state index in [2.05, 4.69) is 0 Å². The first kappa shape index (κ1) is 12.6. The van der Waals surface area contributed by atoms with Crippen LogP contribution in [0.2, 0.25) is 0 Å². The Morgan fingerprint density at radius 3 is 2.72 bits per heavy atom. The monoisotopic (exact) mass is 260 g/mol. The van der Waals surface area contributed by atoms with E-state index in [1.165, 1.54) is 0 Å². The molecule has 1 aromatic heterocycles. The maximum absolute atomic E-state index is 12.0. The fraction of sp³-hybridized carbons (Fsp3) is 0.214. The van der Waals surface area contributed by atoms with E-state index in [0.29, 0.717) is 13.0 Å². The number of carbonyl (C=O) groups excluding carboxylic acids is 1. The summed E-state index contributed by atoms with van der Waals surface area (Å²) in [4.78, 5) is 14.8. The molecule has 18 heavy (non-hydrogen) atoms. The summed E-state index contributed by atoms with van der Waals surface area (Å²) in [7, 11) is 1.81. The largest absolute Gasteiger partial charge is 0.398 e. The van der Waals surface area contributed by atoms with Crippen molar-refractivity contribution in [1.29, 1.82) is 0 Å². The van der Waals surface area contributed by atoms with Gasteiger partial charge in [-0.15, -0.1) is 11.3 Å². The number of nitrogens with zero attached hydrogens (tertiary/aromatic N) is 1.